The molecule has 0 bridgehead atoms. The number of nitrogens with two attached hydrogens (primary N) is 1. The van der Waals surface area contributed by atoms with Gasteiger partial charge in [0.1, 0.15) is 5.82 Å². The smallest absolute Gasteiger partial charge is 0.196 e. The molecule has 0 amide bonds. The highest BCUT2D eigenvalue weighted by molar-refractivity contribution is 6.31. The van der Waals surface area contributed by atoms with Gasteiger partial charge in [-0.3, -0.25) is 4.99 Å². The lowest BCUT2D eigenvalue weighted by molar-refractivity contribution is 0.627. The molecule has 21 heavy (non-hydrogen) atoms. The lowest BCUT2D eigenvalue weighted by atomic mass is 10.0. The minimum absolute atomic E-state index is 0.0199. The lowest BCUT2D eigenvalue weighted by Crippen LogP contribution is -2.36. The molecule has 2 aromatic carbocycles. The van der Waals surface area contributed by atoms with Gasteiger partial charge in [-0.15, -0.1) is 0 Å². The van der Waals surface area contributed by atoms with Crippen molar-refractivity contribution in [2.75, 3.05) is 11.4 Å². The molecule has 2 aromatic rings. The Balaban J connectivity index is 1.98. The summed E-state index contributed by atoms with van der Waals surface area (Å²) in [7, 11) is 0. The first kappa shape index (κ1) is 13.9. The lowest BCUT2D eigenvalue weighted by Gasteiger charge is -2.27. The van der Waals surface area contributed by atoms with E-state index >= 15 is 0 Å². The summed E-state index contributed by atoms with van der Waals surface area (Å²) in [6, 6.07) is 12.2. The van der Waals surface area contributed by atoms with E-state index in [1.54, 1.807) is 12.1 Å². The van der Waals surface area contributed by atoms with Crippen molar-refractivity contribution in [3.8, 4) is 0 Å². The molecule has 0 spiro atoms. The summed E-state index contributed by atoms with van der Waals surface area (Å²) in [5, 5.41) is 0.719. The van der Waals surface area contributed by atoms with E-state index in [4.69, 9.17) is 17.3 Å². The molecule has 0 aliphatic carbocycles. The van der Waals surface area contributed by atoms with Crippen LogP contribution in [-0.4, -0.2) is 12.5 Å². The molecule has 5 heteroatoms. The van der Waals surface area contributed by atoms with Crippen molar-refractivity contribution in [3.05, 3.63) is 64.4 Å². The summed E-state index contributed by atoms with van der Waals surface area (Å²) in [5.41, 5.74) is 8.88. The van der Waals surface area contributed by atoms with Gasteiger partial charge in [0.15, 0.2) is 5.96 Å². The standard InChI is InChI=1S/C16H15ClFN3/c1-10-2-3-11(8-14(10)17)15-9-20-16(19)21(15)13-6-4-12(18)5-7-13/h2-8,15H,9H2,1H3,(H2,19,20). The molecule has 2 N–H and O–H groups in total. The summed E-state index contributed by atoms with van der Waals surface area (Å²) in [6.07, 6.45) is 0. The Morgan fingerprint density at radius 1 is 1.24 bits per heavy atom. The fourth-order valence-electron chi connectivity index (χ4n) is 2.48. The number of hydrogen-bond donors (Lipinski definition) is 1. The Hall–Kier alpha value is -2.07. The average molecular weight is 304 g/mol. The van der Waals surface area contributed by atoms with Gasteiger partial charge >= 0.3 is 0 Å². The molecular weight excluding hydrogens is 289 g/mol. The Morgan fingerprint density at radius 2 is 1.95 bits per heavy atom. The van der Waals surface area contributed by atoms with Crippen molar-refractivity contribution in [2.45, 2.75) is 13.0 Å². The van der Waals surface area contributed by atoms with Crippen molar-refractivity contribution in [3.63, 3.8) is 0 Å². The van der Waals surface area contributed by atoms with Crippen molar-refractivity contribution in [1.82, 2.24) is 0 Å². The van der Waals surface area contributed by atoms with Crippen LogP contribution in [0, 0.1) is 12.7 Å². The van der Waals surface area contributed by atoms with Crippen LogP contribution in [0.15, 0.2) is 47.5 Å². The van der Waals surface area contributed by atoms with Crippen LogP contribution in [0.5, 0.6) is 0 Å². The molecule has 3 nitrogen and oxygen atoms in total. The van der Waals surface area contributed by atoms with E-state index in [9.17, 15) is 4.39 Å². The first-order valence-electron chi connectivity index (χ1n) is 6.67. The predicted octanol–water partition coefficient (Wildman–Crippen LogP) is 3.66. The number of aryl methyl sites for hydroxylation is 1. The minimum atomic E-state index is -0.275. The summed E-state index contributed by atoms with van der Waals surface area (Å²) in [6.45, 7) is 2.52. The molecule has 1 atom stereocenters. The highest BCUT2D eigenvalue weighted by atomic mass is 35.5. The minimum Gasteiger partial charge on any atom is -0.369 e. The molecule has 1 aliphatic rings. The fourth-order valence-corrected chi connectivity index (χ4v) is 2.67. The van der Waals surface area contributed by atoms with Crippen LogP contribution >= 0.6 is 11.6 Å². The molecule has 0 saturated carbocycles. The van der Waals surface area contributed by atoms with Gasteiger partial charge in [0.2, 0.25) is 0 Å². The maximum absolute atomic E-state index is 13.1. The second kappa shape index (κ2) is 5.37. The molecule has 108 valence electrons. The van der Waals surface area contributed by atoms with Gasteiger partial charge in [0.05, 0.1) is 12.6 Å². The maximum Gasteiger partial charge on any atom is 0.196 e. The molecule has 0 saturated heterocycles. The molecule has 1 aliphatic heterocycles. The van der Waals surface area contributed by atoms with Crippen LogP contribution in [-0.2, 0) is 0 Å². The van der Waals surface area contributed by atoms with Gasteiger partial charge in [0.25, 0.3) is 0 Å². The van der Waals surface area contributed by atoms with E-state index in [2.05, 4.69) is 4.99 Å². The van der Waals surface area contributed by atoms with E-state index < -0.39 is 0 Å². The van der Waals surface area contributed by atoms with Crippen molar-refractivity contribution in [2.24, 2.45) is 10.7 Å². The SMILES string of the molecule is Cc1ccc(C2CN=C(N)N2c2ccc(F)cc2)cc1Cl. The highest BCUT2D eigenvalue weighted by Gasteiger charge is 2.29. The Bertz CT molecular complexity index is 697. The number of nitrogens with zero attached hydrogens (tertiary/aromatic N) is 2. The first-order valence-corrected chi connectivity index (χ1v) is 7.05. The Morgan fingerprint density at radius 3 is 2.62 bits per heavy atom. The third-order valence-corrected chi connectivity index (χ3v) is 4.08. The molecular formula is C16H15ClFN3. The zero-order valence-corrected chi connectivity index (χ0v) is 12.3. The molecule has 0 radical (unpaired) electrons. The zero-order chi connectivity index (χ0) is 15.0. The third kappa shape index (κ3) is 2.59. The second-order valence-corrected chi connectivity index (χ2v) is 5.48. The van der Waals surface area contributed by atoms with Crippen LogP contribution < -0.4 is 10.6 Å². The highest BCUT2D eigenvalue weighted by Crippen LogP contribution is 2.32. The quantitative estimate of drug-likeness (QED) is 0.920. The third-order valence-electron chi connectivity index (χ3n) is 3.67. The van der Waals surface area contributed by atoms with E-state index in [1.807, 2.05) is 30.0 Å². The number of rotatable bonds is 2. The largest absolute Gasteiger partial charge is 0.369 e. The topological polar surface area (TPSA) is 41.6 Å². The number of hydrogen-bond acceptors (Lipinski definition) is 3. The van der Waals surface area contributed by atoms with Gasteiger partial charge in [0, 0.05) is 10.7 Å². The molecule has 0 fully saturated rings. The number of halogens is 2. The number of guanidine groups is 1. The maximum atomic E-state index is 13.1. The fraction of sp³-hybridized carbons (Fsp3) is 0.188. The van der Waals surface area contributed by atoms with Crippen LogP contribution in [0.3, 0.4) is 0 Å². The zero-order valence-electron chi connectivity index (χ0n) is 11.6. The van der Waals surface area contributed by atoms with E-state index in [0.717, 1.165) is 21.8 Å². The van der Waals surface area contributed by atoms with Crippen molar-refractivity contribution >= 4 is 23.2 Å². The molecule has 3 rings (SSSR count). The summed E-state index contributed by atoms with van der Waals surface area (Å²) < 4.78 is 13.1. The van der Waals surface area contributed by atoms with Crippen LogP contribution in [0.4, 0.5) is 10.1 Å². The van der Waals surface area contributed by atoms with Crippen LogP contribution in [0.1, 0.15) is 17.2 Å². The van der Waals surface area contributed by atoms with Gasteiger partial charge < -0.3 is 10.6 Å². The molecule has 0 aromatic heterocycles. The first-order chi connectivity index (χ1) is 10.1. The Labute approximate surface area is 127 Å². The Kier molecular flexibility index (Phi) is 3.55. The summed E-state index contributed by atoms with van der Waals surface area (Å²) >= 11 is 6.21. The summed E-state index contributed by atoms with van der Waals surface area (Å²) in [5.74, 6) is 0.159. The summed E-state index contributed by atoms with van der Waals surface area (Å²) in [4.78, 5) is 6.21. The van der Waals surface area contributed by atoms with E-state index in [1.165, 1.54) is 12.1 Å². The number of benzene rings is 2. The predicted molar refractivity (Wildman–Crippen MR) is 84.3 cm³/mol. The van der Waals surface area contributed by atoms with Gasteiger partial charge in [-0.05, 0) is 48.4 Å². The number of aliphatic imine (C=N–C) groups is 1. The van der Waals surface area contributed by atoms with E-state index in [0.29, 0.717) is 12.5 Å². The average Bonchev–Trinajstić information content (AvgIpc) is 2.85. The van der Waals surface area contributed by atoms with Crippen LogP contribution in [0.2, 0.25) is 5.02 Å². The monoisotopic (exact) mass is 303 g/mol. The van der Waals surface area contributed by atoms with Crippen molar-refractivity contribution < 1.29 is 4.39 Å². The molecule has 1 heterocycles. The van der Waals surface area contributed by atoms with Crippen LogP contribution in [0.25, 0.3) is 0 Å². The van der Waals surface area contributed by atoms with E-state index in [-0.39, 0.29) is 11.9 Å². The van der Waals surface area contributed by atoms with Gasteiger partial charge in [-0.2, -0.15) is 0 Å². The van der Waals surface area contributed by atoms with Gasteiger partial charge in [-0.25, -0.2) is 4.39 Å². The van der Waals surface area contributed by atoms with Crippen molar-refractivity contribution in [1.29, 1.82) is 0 Å². The normalized spacial score (nSPS) is 18.0. The van der Waals surface area contributed by atoms with Gasteiger partial charge in [-0.1, -0.05) is 23.7 Å². The second-order valence-electron chi connectivity index (χ2n) is 5.07. The molecule has 1 unspecified atom stereocenters. The number of anilines is 1.